The fourth-order valence-electron chi connectivity index (χ4n) is 1.85. The zero-order valence-electron chi connectivity index (χ0n) is 7.43. The second-order valence-electron chi connectivity index (χ2n) is 3.67. The summed E-state index contributed by atoms with van der Waals surface area (Å²) in [5, 5.41) is 0. The van der Waals surface area contributed by atoms with Crippen LogP contribution in [-0.2, 0) is 0 Å². The van der Waals surface area contributed by atoms with E-state index in [-0.39, 0.29) is 0 Å². The summed E-state index contributed by atoms with van der Waals surface area (Å²) >= 11 is 0. The molecule has 1 aliphatic heterocycles. The summed E-state index contributed by atoms with van der Waals surface area (Å²) in [6, 6.07) is 0.865. The van der Waals surface area contributed by atoms with Gasteiger partial charge >= 0.3 is 0 Å². The molecule has 1 saturated heterocycles. The van der Waals surface area contributed by atoms with Crippen molar-refractivity contribution in [3.05, 3.63) is 0 Å². The minimum Gasteiger partial charge on any atom is -0.303 e. The van der Waals surface area contributed by atoms with E-state index in [9.17, 15) is 0 Å². The molecule has 60 valence electrons. The predicted molar refractivity (Wildman–Crippen MR) is 45.1 cm³/mol. The maximum Gasteiger partial charge on any atom is 0.00921 e. The summed E-state index contributed by atoms with van der Waals surface area (Å²) < 4.78 is 0. The molecule has 0 radical (unpaired) electrons. The normalized spacial score (nSPS) is 36.3. The van der Waals surface area contributed by atoms with E-state index < -0.39 is 0 Å². The zero-order valence-corrected chi connectivity index (χ0v) is 7.43. The van der Waals surface area contributed by atoms with Gasteiger partial charge in [-0.15, -0.1) is 0 Å². The lowest BCUT2D eigenvalue weighted by Crippen LogP contribution is -2.38. The average molecular weight is 141 g/mol. The van der Waals surface area contributed by atoms with E-state index in [1.807, 2.05) is 0 Å². The third kappa shape index (κ3) is 1.72. The number of piperidine rings is 1. The molecule has 2 atom stereocenters. The van der Waals surface area contributed by atoms with Crippen LogP contribution in [0, 0.1) is 5.92 Å². The van der Waals surface area contributed by atoms with E-state index >= 15 is 0 Å². The third-order valence-electron chi connectivity index (χ3n) is 2.74. The van der Waals surface area contributed by atoms with Gasteiger partial charge in [0.15, 0.2) is 0 Å². The van der Waals surface area contributed by atoms with Crippen LogP contribution in [0.2, 0.25) is 0 Å². The minimum atomic E-state index is 0.865. The van der Waals surface area contributed by atoms with E-state index in [1.54, 1.807) is 0 Å². The Morgan fingerprint density at radius 3 is 2.70 bits per heavy atom. The summed E-state index contributed by atoms with van der Waals surface area (Å²) in [6.45, 7) is 5.97. The quantitative estimate of drug-likeness (QED) is 0.540. The first-order valence-corrected chi connectivity index (χ1v) is 4.44. The molecule has 1 rings (SSSR count). The first kappa shape index (κ1) is 8.06. The lowest BCUT2D eigenvalue weighted by Gasteiger charge is -2.35. The van der Waals surface area contributed by atoms with Gasteiger partial charge in [-0.05, 0) is 38.8 Å². The number of hydrogen-bond donors (Lipinski definition) is 0. The second-order valence-corrected chi connectivity index (χ2v) is 3.67. The van der Waals surface area contributed by atoms with Crippen molar-refractivity contribution in [1.29, 1.82) is 0 Å². The molecule has 10 heavy (non-hydrogen) atoms. The van der Waals surface area contributed by atoms with Crippen molar-refractivity contribution < 1.29 is 0 Å². The number of nitrogens with zero attached hydrogens (tertiary/aromatic N) is 1. The molecule has 0 aromatic heterocycles. The van der Waals surface area contributed by atoms with Crippen LogP contribution in [-0.4, -0.2) is 24.5 Å². The Hall–Kier alpha value is -0.0400. The molecule has 1 unspecified atom stereocenters. The number of hydrogen-bond acceptors (Lipinski definition) is 1. The van der Waals surface area contributed by atoms with Crippen LogP contribution >= 0.6 is 0 Å². The zero-order chi connectivity index (χ0) is 7.56. The highest BCUT2D eigenvalue weighted by molar-refractivity contribution is 4.76. The smallest absolute Gasteiger partial charge is 0.00921 e. The molecule has 0 aromatic carbocycles. The van der Waals surface area contributed by atoms with Crippen LogP contribution in [0.4, 0.5) is 0 Å². The molecule has 0 bridgehead atoms. The van der Waals surface area contributed by atoms with Gasteiger partial charge in [0.2, 0.25) is 0 Å². The molecule has 0 aromatic rings. The molecule has 1 heterocycles. The van der Waals surface area contributed by atoms with Crippen molar-refractivity contribution in [2.24, 2.45) is 5.92 Å². The van der Waals surface area contributed by atoms with Gasteiger partial charge in [0.25, 0.3) is 0 Å². The predicted octanol–water partition coefficient (Wildman–Crippen LogP) is 2.13. The Labute approximate surface area is 64.4 Å². The fraction of sp³-hybridized carbons (Fsp3) is 1.00. The van der Waals surface area contributed by atoms with Gasteiger partial charge in [-0.3, -0.25) is 0 Å². The van der Waals surface area contributed by atoms with Crippen LogP contribution in [0.15, 0.2) is 0 Å². The third-order valence-corrected chi connectivity index (χ3v) is 2.74. The lowest BCUT2D eigenvalue weighted by atomic mass is 9.92. The van der Waals surface area contributed by atoms with Crippen molar-refractivity contribution in [3.63, 3.8) is 0 Å². The van der Waals surface area contributed by atoms with E-state index in [0.29, 0.717) is 0 Å². The summed E-state index contributed by atoms with van der Waals surface area (Å²) in [5.74, 6) is 0.959. The molecule has 1 fully saturated rings. The lowest BCUT2D eigenvalue weighted by molar-refractivity contribution is 0.145. The van der Waals surface area contributed by atoms with Crippen LogP contribution in [0.1, 0.15) is 33.1 Å². The van der Waals surface area contributed by atoms with Gasteiger partial charge in [0.1, 0.15) is 0 Å². The molecule has 1 heteroatoms. The monoisotopic (exact) mass is 141 g/mol. The van der Waals surface area contributed by atoms with Crippen LogP contribution < -0.4 is 0 Å². The highest BCUT2D eigenvalue weighted by atomic mass is 15.1. The van der Waals surface area contributed by atoms with Gasteiger partial charge in [-0.25, -0.2) is 0 Å². The SMILES string of the molecule is CCC1C[C@H](C)CCN1C. The molecule has 0 spiro atoms. The van der Waals surface area contributed by atoms with Crippen molar-refractivity contribution >= 4 is 0 Å². The summed E-state index contributed by atoms with van der Waals surface area (Å²) in [5.41, 5.74) is 0. The molecular formula is C9H19N. The largest absolute Gasteiger partial charge is 0.303 e. The van der Waals surface area contributed by atoms with Crippen LogP contribution in [0.5, 0.6) is 0 Å². The van der Waals surface area contributed by atoms with E-state index in [0.717, 1.165) is 12.0 Å². The van der Waals surface area contributed by atoms with Crippen LogP contribution in [0.3, 0.4) is 0 Å². The van der Waals surface area contributed by atoms with Gasteiger partial charge in [-0.1, -0.05) is 13.8 Å². The van der Waals surface area contributed by atoms with Gasteiger partial charge < -0.3 is 4.90 Å². The van der Waals surface area contributed by atoms with E-state index in [4.69, 9.17) is 0 Å². The Morgan fingerprint density at radius 2 is 2.20 bits per heavy atom. The molecule has 1 nitrogen and oxygen atoms in total. The summed E-state index contributed by atoms with van der Waals surface area (Å²) in [6.07, 6.45) is 4.13. The number of likely N-dealkylation sites (tertiary alicyclic amines) is 1. The minimum absolute atomic E-state index is 0.865. The highest BCUT2D eigenvalue weighted by Gasteiger charge is 2.21. The molecular weight excluding hydrogens is 122 g/mol. The van der Waals surface area contributed by atoms with Crippen molar-refractivity contribution in [3.8, 4) is 0 Å². The number of rotatable bonds is 1. The van der Waals surface area contributed by atoms with E-state index in [2.05, 4.69) is 25.8 Å². The van der Waals surface area contributed by atoms with Crippen molar-refractivity contribution in [2.45, 2.75) is 39.2 Å². The topological polar surface area (TPSA) is 3.24 Å². The Morgan fingerprint density at radius 1 is 1.50 bits per heavy atom. The van der Waals surface area contributed by atoms with Crippen molar-refractivity contribution in [1.82, 2.24) is 4.90 Å². The summed E-state index contributed by atoms with van der Waals surface area (Å²) in [7, 11) is 2.25. The fourth-order valence-corrected chi connectivity index (χ4v) is 1.85. The van der Waals surface area contributed by atoms with Gasteiger partial charge in [-0.2, -0.15) is 0 Å². The molecule has 1 aliphatic rings. The highest BCUT2D eigenvalue weighted by Crippen LogP contribution is 2.22. The summed E-state index contributed by atoms with van der Waals surface area (Å²) in [4.78, 5) is 2.50. The van der Waals surface area contributed by atoms with E-state index in [1.165, 1.54) is 25.8 Å². The maximum absolute atomic E-state index is 2.50. The van der Waals surface area contributed by atoms with Crippen LogP contribution in [0.25, 0.3) is 0 Å². The average Bonchev–Trinajstić information content (AvgIpc) is 1.94. The first-order valence-electron chi connectivity index (χ1n) is 4.44. The standard InChI is InChI=1S/C9H19N/c1-4-9-7-8(2)5-6-10(9)3/h8-9H,4-7H2,1-3H3/t8-,9?/m1/s1. The molecule has 0 N–H and O–H groups in total. The van der Waals surface area contributed by atoms with Crippen molar-refractivity contribution in [2.75, 3.05) is 13.6 Å². The van der Waals surface area contributed by atoms with Gasteiger partial charge in [0, 0.05) is 6.04 Å². The Kier molecular flexibility index (Phi) is 2.72. The Bertz CT molecular complexity index is 101. The first-order chi connectivity index (χ1) is 4.74. The molecule has 0 saturated carbocycles. The second kappa shape index (κ2) is 3.38. The molecule has 0 amide bonds. The molecule has 0 aliphatic carbocycles. The maximum atomic E-state index is 2.50. The van der Waals surface area contributed by atoms with Gasteiger partial charge in [0.05, 0.1) is 0 Å². The Balaban J connectivity index is 2.38.